The Morgan fingerprint density at radius 3 is 2.55 bits per heavy atom. The first-order valence-electron chi connectivity index (χ1n) is 6.88. The molecule has 0 fully saturated rings. The van der Waals surface area contributed by atoms with Crippen LogP contribution in [0.2, 0.25) is 0 Å². The summed E-state index contributed by atoms with van der Waals surface area (Å²) in [5.74, 6) is 1.17. The number of nitriles is 1. The molecule has 0 saturated carbocycles. The van der Waals surface area contributed by atoms with Gasteiger partial charge in [0.15, 0.2) is 5.82 Å². The fourth-order valence-corrected chi connectivity index (χ4v) is 2.73. The molecule has 110 valence electrons. The van der Waals surface area contributed by atoms with Crippen LogP contribution in [-0.2, 0) is 23.6 Å². The summed E-state index contributed by atoms with van der Waals surface area (Å²) in [6, 6.07) is 2.34. The first kappa shape index (κ1) is 16.6. The number of aromatic nitrogens is 2. The van der Waals surface area contributed by atoms with Crippen LogP contribution in [0.4, 0.5) is 5.82 Å². The van der Waals surface area contributed by atoms with Crippen molar-refractivity contribution in [1.29, 1.82) is 5.26 Å². The quantitative estimate of drug-likeness (QED) is 0.832. The lowest BCUT2D eigenvalue weighted by atomic mass is 10.0. The Balaban J connectivity index is 2.96. The third-order valence-electron chi connectivity index (χ3n) is 3.18. The van der Waals surface area contributed by atoms with Crippen molar-refractivity contribution in [2.24, 2.45) is 0 Å². The average molecular weight is 294 g/mol. The Bertz CT molecular complexity index is 525. The molecule has 1 N–H and O–H groups in total. The van der Waals surface area contributed by atoms with Crippen molar-refractivity contribution in [2.45, 2.75) is 46.1 Å². The molecule has 1 aromatic rings. The molecule has 0 saturated heterocycles. The van der Waals surface area contributed by atoms with Gasteiger partial charge in [-0.15, -0.1) is 5.10 Å². The van der Waals surface area contributed by atoms with E-state index in [-0.39, 0.29) is 6.04 Å². The van der Waals surface area contributed by atoms with Gasteiger partial charge in [-0.1, -0.05) is 13.8 Å². The second-order valence-electron chi connectivity index (χ2n) is 4.78. The van der Waals surface area contributed by atoms with Crippen molar-refractivity contribution in [3.8, 4) is 6.07 Å². The van der Waals surface area contributed by atoms with E-state index in [1.165, 1.54) is 0 Å². The minimum absolute atomic E-state index is 0.109. The van der Waals surface area contributed by atoms with Gasteiger partial charge in [-0.2, -0.15) is 10.4 Å². The maximum absolute atomic E-state index is 11.1. The minimum atomic E-state index is -0.803. The molecule has 1 aromatic heterocycles. The SMILES string of the molecule is CCc1nnc(NC(C)CCS(C)=O)c(C#N)c1CC. The highest BCUT2D eigenvalue weighted by atomic mass is 32.2. The molecule has 0 bridgehead atoms. The predicted molar refractivity (Wildman–Crippen MR) is 82.1 cm³/mol. The second-order valence-corrected chi connectivity index (χ2v) is 6.33. The van der Waals surface area contributed by atoms with Gasteiger partial charge in [0, 0.05) is 28.9 Å². The molecule has 0 aliphatic heterocycles. The summed E-state index contributed by atoms with van der Waals surface area (Å²) < 4.78 is 11.1. The van der Waals surface area contributed by atoms with Gasteiger partial charge < -0.3 is 5.32 Å². The third kappa shape index (κ3) is 4.27. The molecule has 0 amide bonds. The van der Waals surface area contributed by atoms with Crippen LogP contribution in [-0.4, -0.2) is 32.5 Å². The molecular formula is C14H22N4OS. The summed E-state index contributed by atoms with van der Waals surface area (Å²) in [7, 11) is -0.803. The summed E-state index contributed by atoms with van der Waals surface area (Å²) >= 11 is 0. The van der Waals surface area contributed by atoms with E-state index in [1.807, 2.05) is 20.8 Å². The fraction of sp³-hybridized carbons (Fsp3) is 0.643. The first-order valence-corrected chi connectivity index (χ1v) is 8.61. The summed E-state index contributed by atoms with van der Waals surface area (Å²) in [6.07, 6.45) is 4.00. The molecule has 6 heteroatoms. The molecule has 0 aromatic carbocycles. The van der Waals surface area contributed by atoms with Crippen molar-refractivity contribution in [3.05, 3.63) is 16.8 Å². The zero-order valence-electron chi connectivity index (χ0n) is 12.6. The van der Waals surface area contributed by atoms with E-state index in [1.54, 1.807) is 6.26 Å². The highest BCUT2D eigenvalue weighted by molar-refractivity contribution is 7.84. The average Bonchev–Trinajstić information content (AvgIpc) is 2.44. The van der Waals surface area contributed by atoms with Crippen molar-refractivity contribution < 1.29 is 4.21 Å². The van der Waals surface area contributed by atoms with Crippen LogP contribution in [0, 0.1) is 11.3 Å². The van der Waals surface area contributed by atoms with Crippen LogP contribution < -0.4 is 5.32 Å². The maximum atomic E-state index is 11.1. The third-order valence-corrected chi connectivity index (χ3v) is 3.99. The van der Waals surface area contributed by atoms with Crippen molar-refractivity contribution in [3.63, 3.8) is 0 Å². The van der Waals surface area contributed by atoms with Gasteiger partial charge in [-0.3, -0.25) is 4.21 Å². The molecule has 20 heavy (non-hydrogen) atoms. The Morgan fingerprint density at radius 1 is 1.35 bits per heavy atom. The van der Waals surface area contributed by atoms with Gasteiger partial charge in [0.05, 0.1) is 5.69 Å². The molecule has 2 unspecified atom stereocenters. The van der Waals surface area contributed by atoms with Crippen molar-refractivity contribution in [2.75, 3.05) is 17.3 Å². The molecule has 1 rings (SSSR count). The number of nitrogens with one attached hydrogen (secondary N) is 1. The highest BCUT2D eigenvalue weighted by Gasteiger charge is 2.15. The van der Waals surface area contributed by atoms with E-state index in [4.69, 9.17) is 0 Å². The lowest BCUT2D eigenvalue weighted by Crippen LogP contribution is -2.20. The number of hydrogen-bond donors (Lipinski definition) is 1. The number of rotatable bonds is 7. The number of hydrogen-bond acceptors (Lipinski definition) is 5. The van der Waals surface area contributed by atoms with E-state index in [9.17, 15) is 9.47 Å². The molecule has 2 atom stereocenters. The molecule has 0 aliphatic carbocycles. The Kier molecular flexibility index (Phi) is 6.59. The Labute approximate surface area is 123 Å². The fourth-order valence-electron chi connectivity index (χ4n) is 2.04. The van der Waals surface area contributed by atoms with Crippen LogP contribution in [0.5, 0.6) is 0 Å². The Hall–Kier alpha value is -1.48. The molecule has 1 heterocycles. The summed E-state index contributed by atoms with van der Waals surface area (Å²) in [4.78, 5) is 0. The molecule has 0 radical (unpaired) electrons. The lowest BCUT2D eigenvalue weighted by molar-refractivity contribution is 0.678. The summed E-state index contributed by atoms with van der Waals surface area (Å²) in [5, 5.41) is 20.9. The zero-order valence-corrected chi connectivity index (χ0v) is 13.4. The van der Waals surface area contributed by atoms with Crippen molar-refractivity contribution in [1.82, 2.24) is 10.2 Å². The van der Waals surface area contributed by atoms with E-state index in [0.717, 1.165) is 30.5 Å². The van der Waals surface area contributed by atoms with Crippen LogP contribution in [0.3, 0.4) is 0 Å². The number of nitrogens with zero attached hydrogens (tertiary/aromatic N) is 3. The number of aryl methyl sites for hydroxylation is 1. The van der Waals surface area contributed by atoms with Gasteiger partial charge >= 0.3 is 0 Å². The summed E-state index contributed by atoms with van der Waals surface area (Å²) in [6.45, 7) is 6.02. The topological polar surface area (TPSA) is 78.7 Å². The van der Waals surface area contributed by atoms with Crippen LogP contribution >= 0.6 is 0 Å². The minimum Gasteiger partial charge on any atom is -0.365 e. The van der Waals surface area contributed by atoms with Crippen LogP contribution in [0.1, 0.15) is 44.0 Å². The predicted octanol–water partition coefficient (Wildman–Crippen LogP) is 2.04. The number of anilines is 1. The molecule has 5 nitrogen and oxygen atoms in total. The van der Waals surface area contributed by atoms with E-state index >= 15 is 0 Å². The van der Waals surface area contributed by atoms with E-state index < -0.39 is 10.8 Å². The Morgan fingerprint density at radius 2 is 2.05 bits per heavy atom. The normalized spacial score (nSPS) is 13.6. The van der Waals surface area contributed by atoms with Gasteiger partial charge in [-0.05, 0) is 31.7 Å². The van der Waals surface area contributed by atoms with E-state index in [0.29, 0.717) is 17.1 Å². The zero-order chi connectivity index (χ0) is 15.1. The monoisotopic (exact) mass is 294 g/mol. The van der Waals surface area contributed by atoms with Crippen molar-refractivity contribution >= 4 is 16.6 Å². The largest absolute Gasteiger partial charge is 0.365 e. The first-order chi connectivity index (χ1) is 9.53. The van der Waals surface area contributed by atoms with Gasteiger partial charge in [0.2, 0.25) is 0 Å². The van der Waals surface area contributed by atoms with Gasteiger partial charge in [0.1, 0.15) is 11.6 Å². The lowest BCUT2D eigenvalue weighted by Gasteiger charge is -2.16. The molecule has 0 spiro atoms. The second kappa shape index (κ2) is 7.95. The van der Waals surface area contributed by atoms with E-state index in [2.05, 4.69) is 21.6 Å². The standard InChI is InChI=1S/C14H22N4OS/c1-5-11-12(9-15)14(18-17-13(11)6-2)16-10(3)7-8-20(4)19/h10H,5-8H2,1-4H3,(H,16,18). The molecular weight excluding hydrogens is 272 g/mol. The maximum Gasteiger partial charge on any atom is 0.167 e. The smallest absolute Gasteiger partial charge is 0.167 e. The van der Waals surface area contributed by atoms with Gasteiger partial charge in [0.25, 0.3) is 0 Å². The molecule has 0 aliphatic rings. The van der Waals surface area contributed by atoms with Gasteiger partial charge in [-0.25, -0.2) is 0 Å². The van der Waals surface area contributed by atoms with Crippen LogP contribution in [0.15, 0.2) is 0 Å². The summed E-state index contributed by atoms with van der Waals surface area (Å²) in [5.41, 5.74) is 2.44. The van der Waals surface area contributed by atoms with Crippen LogP contribution in [0.25, 0.3) is 0 Å². The highest BCUT2D eigenvalue weighted by Crippen LogP contribution is 2.20.